The molecule has 1 aromatic carbocycles. The van der Waals surface area contributed by atoms with E-state index < -0.39 is 5.54 Å². The lowest BCUT2D eigenvalue weighted by molar-refractivity contribution is 0.408. The van der Waals surface area contributed by atoms with E-state index in [0.717, 1.165) is 23.4 Å². The second-order valence-electron chi connectivity index (χ2n) is 6.23. The van der Waals surface area contributed by atoms with Gasteiger partial charge >= 0.3 is 0 Å². The molecule has 2 aromatic rings. The van der Waals surface area contributed by atoms with Crippen LogP contribution in [0.5, 0.6) is 5.75 Å². The molecule has 3 rings (SSSR count). The Labute approximate surface area is 150 Å². The number of nitrogens with zero attached hydrogens (tertiary/aromatic N) is 2. The van der Waals surface area contributed by atoms with Crippen LogP contribution >= 0.6 is 11.8 Å². The maximum atomic E-state index is 14.5. The monoisotopic (exact) mass is 360 g/mol. The Morgan fingerprint density at radius 3 is 2.84 bits per heavy atom. The third-order valence-corrected chi connectivity index (χ3v) is 5.15. The molecule has 25 heavy (non-hydrogen) atoms. The highest BCUT2D eigenvalue weighted by Gasteiger charge is 2.32. The first kappa shape index (κ1) is 17.5. The highest BCUT2D eigenvalue weighted by atomic mass is 32.2. The third kappa shape index (κ3) is 3.71. The zero-order valence-corrected chi connectivity index (χ0v) is 15.1. The minimum absolute atomic E-state index is 0.271. The second kappa shape index (κ2) is 6.92. The standard InChI is InChI=1S/C18H21FN4OS/c1-18(5-6-25-17(21)23-18)13-7-11(3-4-14(13)19)8-15-16(24-2)9-12(20)10-22-15/h3-4,7,9-10H,5-6,8,20H2,1-2H3,(H2,21,23)/t18-/m0/s1. The van der Waals surface area contributed by atoms with Crippen LogP contribution in [-0.2, 0) is 12.0 Å². The Balaban J connectivity index is 1.96. The van der Waals surface area contributed by atoms with Gasteiger partial charge in [-0.15, -0.1) is 0 Å². The molecule has 0 unspecified atom stereocenters. The molecule has 1 aromatic heterocycles. The minimum atomic E-state index is -0.645. The molecule has 2 heterocycles. The van der Waals surface area contributed by atoms with E-state index in [9.17, 15) is 4.39 Å². The molecular weight excluding hydrogens is 339 g/mol. The summed E-state index contributed by atoms with van der Waals surface area (Å²) in [5.74, 6) is 1.17. The molecule has 0 fully saturated rings. The summed E-state index contributed by atoms with van der Waals surface area (Å²) in [7, 11) is 1.58. The first-order chi connectivity index (χ1) is 11.9. The van der Waals surface area contributed by atoms with Gasteiger partial charge in [0.15, 0.2) is 5.17 Å². The van der Waals surface area contributed by atoms with Gasteiger partial charge in [0.1, 0.15) is 11.6 Å². The number of ether oxygens (including phenoxy) is 1. The van der Waals surface area contributed by atoms with E-state index in [0.29, 0.717) is 28.6 Å². The highest BCUT2D eigenvalue weighted by molar-refractivity contribution is 8.13. The van der Waals surface area contributed by atoms with Crippen molar-refractivity contribution in [2.75, 3.05) is 18.6 Å². The quantitative estimate of drug-likeness (QED) is 0.875. The van der Waals surface area contributed by atoms with Crippen LogP contribution in [-0.4, -0.2) is 23.0 Å². The van der Waals surface area contributed by atoms with Gasteiger partial charge in [-0.25, -0.2) is 4.39 Å². The van der Waals surface area contributed by atoms with E-state index >= 15 is 0 Å². The van der Waals surface area contributed by atoms with Crippen LogP contribution in [0.2, 0.25) is 0 Å². The number of aliphatic imine (C=N–C) groups is 1. The van der Waals surface area contributed by atoms with E-state index in [4.69, 9.17) is 16.2 Å². The summed E-state index contributed by atoms with van der Waals surface area (Å²) < 4.78 is 19.8. The predicted molar refractivity (Wildman–Crippen MR) is 100 cm³/mol. The second-order valence-corrected chi connectivity index (χ2v) is 7.35. The summed E-state index contributed by atoms with van der Waals surface area (Å²) in [4.78, 5) is 8.84. The molecule has 1 atom stereocenters. The van der Waals surface area contributed by atoms with Gasteiger partial charge < -0.3 is 16.2 Å². The van der Waals surface area contributed by atoms with Gasteiger partial charge in [0, 0.05) is 23.8 Å². The molecule has 0 radical (unpaired) electrons. The zero-order chi connectivity index (χ0) is 18.0. The molecule has 0 saturated carbocycles. The molecule has 5 nitrogen and oxygen atoms in total. The van der Waals surface area contributed by atoms with Gasteiger partial charge in [0.2, 0.25) is 0 Å². The van der Waals surface area contributed by atoms with Crippen LogP contribution in [0.4, 0.5) is 10.1 Å². The molecule has 0 amide bonds. The normalized spacial score (nSPS) is 20.2. The summed E-state index contributed by atoms with van der Waals surface area (Å²) in [5, 5.41) is 0.500. The summed E-state index contributed by atoms with van der Waals surface area (Å²) in [6, 6.07) is 6.81. The van der Waals surface area contributed by atoms with Crippen LogP contribution in [0.15, 0.2) is 35.5 Å². The van der Waals surface area contributed by atoms with Crippen LogP contribution < -0.4 is 16.2 Å². The predicted octanol–water partition coefficient (Wildman–Crippen LogP) is 3.07. The molecule has 132 valence electrons. The minimum Gasteiger partial charge on any atom is -0.495 e. The van der Waals surface area contributed by atoms with E-state index in [2.05, 4.69) is 9.98 Å². The number of methoxy groups -OCH3 is 1. The number of pyridine rings is 1. The Kier molecular flexibility index (Phi) is 4.85. The number of nitrogens with two attached hydrogens (primary N) is 2. The van der Waals surface area contributed by atoms with Gasteiger partial charge in [-0.05, 0) is 25.0 Å². The van der Waals surface area contributed by atoms with Crippen LogP contribution in [0.1, 0.15) is 30.2 Å². The van der Waals surface area contributed by atoms with Crippen LogP contribution in [0.25, 0.3) is 0 Å². The number of aromatic nitrogens is 1. The van der Waals surface area contributed by atoms with Crippen molar-refractivity contribution >= 4 is 22.6 Å². The largest absolute Gasteiger partial charge is 0.495 e. The average Bonchev–Trinajstić information content (AvgIpc) is 2.57. The average molecular weight is 360 g/mol. The van der Waals surface area contributed by atoms with Gasteiger partial charge in [-0.3, -0.25) is 9.98 Å². The number of benzene rings is 1. The van der Waals surface area contributed by atoms with Gasteiger partial charge in [0.05, 0.1) is 30.2 Å². The maximum Gasteiger partial charge on any atom is 0.154 e. The number of nitrogen functional groups attached to an aromatic ring is 1. The number of hydrogen-bond donors (Lipinski definition) is 2. The molecular formula is C18H21FN4OS. The van der Waals surface area contributed by atoms with Crippen molar-refractivity contribution in [3.63, 3.8) is 0 Å². The van der Waals surface area contributed by atoms with E-state index in [1.54, 1.807) is 25.4 Å². The number of thioether (sulfide) groups is 1. The third-order valence-electron chi connectivity index (χ3n) is 4.35. The topological polar surface area (TPSA) is 86.5 Å². The van der Waals surface area contributed by atoms with Crippen LogP contribution in [0, 0.1) is 5.82 Å². The lowest BCUT2D eigenvalue weighted by Crippen LogP contribution is -2.29. The fourth-order valence-electron chi connectivity index (χ4n) is 2.97. The molecule has 1 aliphatic heterocycles. The van der Waals surface area contributed by atoms with Crippen molar-refractivity contribution in [1.82, 2.24) is 4.98 Å². The lowest BCUT2D eigenvalue weighted by atomic mass is 9.87. The zero-order valence-electron chi connectivity index (χ0n) is 14.3. The van der Waals surface area contributed by atoms with Crippen molar-refractivity contribution in [3.8, 4) is 5.75 Å². The Bertz CT molecular complexity index is 827. The summed E-state index contributed by atoms with van der Waals surface area (Å²) in [5.41, 5.74) is 13.7. The van der Waals surface area contributed by atoms with Gasteiger partial charge in [-0.1, -0.05) is 23.9 Å². The van der Waals surface area contributed by atoms with Gasteiger partial charge in [0.25, 0.3) is 0 Å². The molecule has 0 aliphatic carbocycles. The Morgan fingerprint density at radius 2 is 2.12 bits per heavy atom. The van der Waals surface area contributed by atoms with E-state index in [1.165, 1.54) is 17.8 Å². The summed E-state index contributed by atoms with van der Waals surface area (Å²) in [6.07, 6.45) is 2.84. The molecule has 0 spiro atoms. The molecule has 4 N–H and O–H groups in total. The number of halogens is 1. The molecule has 1 aliphatic rings. The van der Waals surface area contributed by atoms with E-state index in [1.807, 2.05) is 13.0 Å². The molecule has 0 bridgehead atoms. The fourth-order valence-corrected chi connectivity index (χ4v) is 3.94. The number of anilines is 1. The molecule has 0 saturated heterocycles. The van der Waals surface area contributed by atoms with Crippen molar-refractivity contribution < 1.29 is 9.13 Å². The number of amidine groups is 1. The summed E-state index contributed by atoms with van der Waals surface area (Å²) >= 11 is 1.50. The SMILES string of the molecule is COc1cc(N)cnc1Cc1ccc(F)c([C@]2(C)CCSC(N)=N2)c1. The first-order valence-electron chi connectivity index (χ1n) is 7.97. The Morgan fingerprint density at radius 1 is 1.32 bits per heavy atom. The van der Waals surface area contributed by atoms with Crippen molar-refractivity contribution in [1.29, 1.82) is 0 Å². The van der Waals surface area contributed by atoms with Crippen molar-refractivity contribution in [3.05, 3.63) is 53.1 Å². The van der Waals surface area contributed by atoms with E-state index in [-0.39, 0.29) is 5.82 Å². The Hall–Kier alpha value is -2.28. The van der Waals surface area contributed by atoms with Gasteiger partial charge in [-0.2, -0.15) is 0 Å². The lowest BCUT2D eigenvalue weighted by Gasteiger charge is -2.30. The highest BCUT2D eigenvalue weighted by Crippen LogP contribution is 2.37. The van der Waals surface area contributed by atoms with Crippen molar-refractivity contribution in [2.45, 2.75) is 25.3 Å². The molecule has 7 heteroatoms. The smallest absolute Gasteiger partial charge is 0.154 e. The fraction of sp³-hybridized carbons (Fsp3) is 0.333. The first-order valence-corrected chi connectivity index (χ1v) is 8.95. The summed E-state index contributed by atoms with van der Waals surface area (Å²) in [6.45, 7) is 1.92. The number of hydrogen-bond acceptors (Lipinski definition) is 6. The van der Waals surface area contributed by atoms with Crippen LogP contribution in [0.3, 0.4) is 0 Å². The number of rotatable bonds is 4. The maximum absolute atomic E-state index is 14.5. The van der Waals surface area contributed by atoms with Crippen molar-refractivity contribution in [2.24, 2.45) is 10.7 Å².